The quantitative estimate of drug-likeness (QED) is 0.681. The Morgan fingerprint density at radius 1 is 1.25 bits per heavy atom. The van der Waals surface area contributed by atoms with E-state index in [0.717, 1.165) is 0 Å². The highest BCUT2D eigenvalue weighted by Crippen LogP contribution is 2.33. The van der Waals surface area contributed by atoms with E-state index < -0.39 is 11.3 Å². The van der Waals surface area contributed by atoms with Crippen molar-refractivity contribution in [2.24, 2.45) is 0 Å². The van der Waals surface area contributed by atoms with Crippen molar-refractivity contribution in [2.75, 3.05) is 6.61 Å². The third-order valence-corrected chi connectivity index (χ3v) is 2.96. The molecule has 0 aliphatic rings. The number of alkyl halides is 1. The fraction of sp³-hybridized carbons (Fsp3) is 0.222. The molecular formula is C9H6Cl4O3. The monoisotopic (exact) mass is 302 g/mol. The molecule has 0 aromatic heterocycles. The van der Waals surface area contributed by atoms with Crippen molar-refractivity contribution < 1.29 is 14.6 Å². The fourth-order valence-electron chi connectivity index (χ4n) is 0.849. The summed E-state index contributed by atoms with van der Waals surface area (Å²) in [5, 5.41) is 8.19. The number of rotatable bonds is 4. The minimum absolute atomic E-state index is 0.214. The number of benzene rings is 1. The summed E-state index contributed by atoms with van der Waals surface area (Å²) in [5.41, 5.74) is 0. The molecule has 0 aliphatic carbocycles. The van der Waals surface area contributed by atoms with Crippen LogP contribution < -0.4 is 4.74 Å². The second kappa shape index (κ2) is 5.82. The minimum atomic E-state index is -1.17. The number of hydrogen-bond donors (Lipinski definition) is 1. The van der Waals surface area contributed by atoms with Gasteiger partial charge in [0.25, 0.3) is 0 Å². The largest absolute Gasteiger partial charge is 0.490 e. The summed E-state index contributed by atoms with van der Waals surface area (Å²) >= 11 is 22.7. The maximum Gasteiger partial charge on any atom is 0.325 e. The van der Waals surface area contributed by atoms with Gasteiger partial charge in [-0.3, -0.25) is 4.79 Å². The lowest BCUT2D eigenvalue weighted by Crippen LogP contribution is -2.21. The van der Waals surface area contributed by atoms with Gasteiger partial charge >= 0.3 is 5.97 Å². The smallest absolute Gasteiger partial charge is 0.325 e. The van der Waals surface area contributed by atoms with E-state index in [9.17, 15) is 4.79 Å². The summed E-state index contributed by atoms with van der Waals surface area (Å²) < 4.78 is 5.11. The van der Waals surface area contributed by atoms with Crippen LogP contribution in [-0.4, -0.2) is 23.1 Å². The Hall–Kier alpha value is -0.350. The maximum absolute atomic E-state index is 10.4. The number of halogens is 4. The molecule has 0 saturated heterocycles. The highest BCUT2D eigenvalue weighted by molar-refractivity contribution is 6.43. The molecule has 0 spiro atoms. The molecule has 1 atom stereocenters. The first-order chi connectivity index (χ1) is 7.41. The van der Waals surface area contributed by atoms with E-state index in [-0.39, 0.29) is 22.4 Å². The summed E-state index contributed by atoms with van der Waals surface area (Å²) in [6.45, 7) is -0.214. The highest BCUT2D eigenvalue weighted by Gasteiger charge is 2.15. The second-order valence-corrected chi connectivity index (χ2v) is 4.56. The highest BCUT2D eigenvalue weighted by atomic mass is 35.5. The van der Waals surface area contributed by atoms with E-state index in [1.807, 2.05) is 0 Å². The number of carboxylic acids is 1. The molecule has 3 nitrogen and oxygen atoms in total. The molecule has 0 bridgehead atoms. The second-order valence-electron chi connectivity index (χ2n) is 2.81. The van der Waals surface area contributed by atoms with Crippen molar-refractivity contribution in [1.29, 1.82) is 0 Å². The molecule has 0 heterocycles. The van der Waals surface area contributed by atoms with Crippen LogP contribution in [0.25, 0.3) is 0 Å². The van der Waals surface area contributed by atoms with Gasteiger partial charge in [0.2, 0.25) is 0 Å². The van der Waals surface area contributed by atoms with Crippen molar-refractivity contribution in [3.8, 4) is 5.75 Å². The van der Waals surface area contributed by atoms with Crippen LogP contribution in [0.5, 0.6) is 5.75 Å². The zero-order chi connectivity index (χ0) is 12.3. The van der Waals surface area contributed by atoms with Crippen molar-refractivity contribution in [2.45, 2.75) is 5.38 Å². The molecule has 0 saturated carbocycles. The third kappa shape index (κ3) is 3.59. The maximum atomic E-state index is 10.4. The average molecular weight is 304 g/mol. The van der Waals surface area contributed by atoms with Gasteiger partial charge in [-0.15, -0.1) is 11.6 Å². The molecular weight excluding hydrogens is 298 g/mol. The van der Waals surface area contributed by atoms with Crippen LogP contribution >= 0.6 is 46.4 Å². The Kier molecular flexibility index (Phi) is 4.99. The molecule has 1 N–H and O–H groups in total. The van der Waals surface area contributed by atoms with E-state index >= 15 is 0 Å². The van der Waals surface area contributed by atoms with Gasteiger partial charge in [0.15, 0.2) is 5.38 Å². The molecule has 88 valence electrons. The molecule has 0 radical (unpaired) electrons. The molecule has 0 aliphatic heterocycles. The summed E-state index contributed by atoms with van der Waals surface area (Å²) in [6, 6.07) is 2.81. The normalized spacial score (nSPS) is 12.2. The molecule has 1 aromatic rings. The number of hydrogen-bond acceptors (Lipinski definition) is 2. The summed E-state index contributed by atoms with van der Waals surface area (Å²) in [5.74, 6) is -0.930. The Morgan fingerprint density at radius 2 is 1.81 bits per heavy atom. The number of carboxylic acid groups (broad SMARTS) is 1. The average Bonchev–Trinajstić information content (AvgIpc) is 2.20. The summed E-state index contributed by atoms with van der Waals surface area (Å²) in [6.07, 6.45) is 0. The standard InChI is InChI=1S/C9H6Cl4O3/c10-4-1-6(12)8(2-5(4)11)16-3-7(13)9(14)15/h1-2,7H,3H2,(H,14,15). The molecule has 0 amide bonds. The van der Waals surface area contributed by atoms with Gasteiger partial charge in [0.05, 0.1) is 15.1 Å². The lowest BCUT2D eigenvalue weighted by molar-refractivity contribution is -0.137. The van der Waals surface area contributed by atoms with Gasteiger partial charge < -0.3 is 9.84 Å². The molecule has 16 heavy (non-hydrogen) atoms. The lowest BCUT2D eigenvalue weighted by atomic mass is 10.3. The fourth-order valence-corrected chi connectivity index (χ4v) is 1.50. The van der Waals surface area contributed by atoms with E-state index in [1.54, 1.807) is 0 Å². The predicted octanol–water partition coefficient (Wildman–Crippen LogP) is 3.72. The van der Waals surface area contributed by atoms with Gasteiger partial charge in [-0.2, -0.15) is 0 Å². The van der Waals surface area contributed by atoms with Crippen LogP contribution in [0.1, 0.15) is 0 Å². The first-order valence-corrected chi connectivity index (χ1v) is 5.63. The Labute approximate surface area is 112 Å². The van der Waals surface area contributed by atoms with Gasteiger partial charge in [-0.1, -0.05) is 34.8 Å². The minimum Gasteiger partial charge on any atom is -0.490 e. The van der Waals surface area contributed by atoms with Crippen LogP contribution in [0.3, 0.4) is 0 Å². The van der Waals surface area contributed by atoms with Gasteiger partial charge in [-0.05, 0) is 6.07 Å². The first kappa shape index (κ1) is 13.7. The third-order valence-electron chi connectivity index (χ3n) is 1.63. The van der Waals surface area contributed by atoms with Crippen molar-refractivity contribution in [3.05, 3.63) is 27.2 Å². The lowest BCUT2D eigenvalue weighted by Gasteiger charge is -2.10. The summed E-state index contributed by atoms with van der Waals surface area (Å²) in [7, 11) is 0. The van der Waals surface area contributed by atoms with E-state index in [2.05, 4.69) is 0 Å². The van der Waals surface area contributed by atoms with E-state index in [4.69, 9.17) is 56.2 Å². The van der Waals surface area contributed by atoms with Crippen molar-refractivity contribution >= 4 is 52.4 Å². The van der Waals surface area contributed by atoms with Gasteiger partial charge in [0.1, 0.15) is 12.4 Å². The summed E-state index contributed by atoms with van der Waals surface area (Å²) in [4.78, 5) is 10.4. The van der Waals surface area contributed by atoms with E-state index in [1.165, 1.54) is 12.1 Å². The Bertz CT molecular complexity index is 408. The van der Waals surface area contributed by atoms with Crippen LogP contribution in [0.4, 0.5) is 0 Å². The molecule has 1 aromatic carbocycles. The number of ether oxygens (including phenoxy) is 1. The predicted molar refractivity (Wildman–Crippen MR) is 64.2 cm³/mol. The molecule has 7 heteroatoms. The Morgan fingerprint density at radius 3 is 2.38 bits per heavy atom. The van der Waals surface area contributed by atoms with Gasteiger partial charge in [-0.25, -0.2) is 0 Å². The first-order valence-electron chi connectivity index (χ1n) is 4.06. The van der Waals surface area contributed by atoms with Crippen molar-refractivity contribution in [1.82, 2.24) is 0 Å². The van der Waals surface area contributed by atoms with Crippen molar-refractivity contribution in [3.63, 3.8) is 0 Å². The van der Waals surface area contributed by atoms with Crippen LogP contribution in [0.2, 0.25) is 15.1 Å². The molecule has 0 fully saturated rings. The van der Waals surface area contributed by atoms with E-state index in [0.29, 0.717) is 5.02 Å². The van der Waals surface area contributed by atoms with Gasteiger partial charge in [0, 0.05) is 6.07 Å². The zero-order valence-electron chi connectivity index (χ0n) is 7.71. The zero-order valence-corrected chi connectivity index (χ0v) is 10.7. The topological polar surface area (TPSA) is 46.5 Å². The SMILES string of the molecule is O=C(O)C(Cl)COc1cc(Cl)c(Cl)cc1Cl. The number of carbonyl (C=O) groups is 1. The molecule has 1 rings (SSSR count). The van der Waals surface area contributed by atoms with Crippen LogP contribution in [0, 0.1) is 0 Å². The van der Waals surface area contributed by atoms with Crippen LogP contribution in [-0.2, 0) is 4.79 Å². The Balaban J connectivity index is 2.74. The number of aliphatic carboxylic acids is 1. The molecule has 1 unspecified atom stereocenters. The van der Waals surface area contributed by atoms with Crippen LogP contribution in [0.15, 0.2) is 12.1 Å².